The zero-order valence-corrected chi connectivity index (χ0v) is 12.7. The maximum atomic E-state index is 2.38. The summed E-state index contributed by atoms with van der Waals surface area (Å²) in [6, 6.07) is 6.75. The Morgan fingerprint density at radius 1 is 1.21 bits per heavy atom. The summed E-state index contributed by atoms with van der Waals surface area (Å²) in [5, 5.41) is 1.44. The van der Waals surface area contributed by atoms with Crippen LogP contribution in [0, 0.1) is 6.92 Å². The van der Waals surface area contributed by atoms with Crippen LogP contribution in [0.1, 0.15) is 30.9 Å². The second kappa shape index (κ2) is 6.25. The van der Waals surface area contributed by atoms with Gasteiger partial charge in [0.2, 0.25) is 0 Å². The molecule has 0 aliphatic rings. The first-order valence-corrected chi connectivity index (χ1v) is 7.35. The maximum absolute atomic E-state index is 2.38. The fourth-order valence-corrected chi connectivity index (χ4v) is 2.64. The first-order chi connectivity index (χ1) is 9.11. The van der Waals surface area contributed by atoms with E-state index in [1.165, 1.54) is 47.8 Å². The Kier molecular flexibility index (Phi) is 4.65. The molecule has 2 heteroatoms. The molecule has 0 amide bonds. The van der Waals surface area contributed by atoms with Crippen molar-refractivity contribution < 1.29 is 0 Å². The van der Waals surface area contributed by atoms with Crippen molar-refractivity contribution in [1.29, 1.82) is 0 Å². The number of rotatable bonds is 6. The number of hydrogen-bond donors (Lipinski definition) is 0. The summed E-state index contributed by atoms with van der Waals surface area (Å²) in [5.41, 5.74) is 4.21. The van der Waals surface area contributed by atoms with E-state index in [0.717, 1.165) is 6.54 Å². The Bertz CT molecular complexity index is 539. The van der Waals surface area contributed by atoms with Crippen LogP contribution in [0.15, 0.2) is 24.4 Å². The molecule has 0 aliphatic carbocycles. The van der Waals surface area contributed by atoms with Crippen molar-refractivity contribution >= 4 is 10.9 Å². The van der Waals surface area contributed by atoms with Crippen molar-refractivity contribution in [1.82, 2.24) is 9.47 Å². The Labute approximate surface area is 117 Å². The second-order valence-electron chi connectivity index (χ2n) is 5.64. The van der Waals surface area contributed by atoms with Gasteiger partial charge in [-0.3, -0.25) is 0 Å². The third-order valence-corrected chi connectivity index (χ3v) is 4.00. The van der Waals surface area contributed by atoms with E-state index in [1.807, 2.05) is 0 Å². The van der Waals surface area contributed by atoms with Gasteiger partial charge >= 0.3 is 0 Å². The molecule has 0 unspecified atom stereocenters. The van der Waals surface area contributed by atoms with Crippen molar-refractivity contribution in [3.05, 3.63) is 35.5 Å². The molecule has 2 rings (SSSR count). The summed E-state index contributed by atoms with van der Waals surface area (Å²) < 4.78 is 2.25. The van der Waals surface area contributed by atoms with Gasteiger partial charge in [-0.1, -0.05) is 18.6 Å². The van der Waals surface area contributed by atoms with Crippen molar-refractivity contribution in [2.45, 2.75) is 33.1 Å². The van der Waals surface area contributed by atoms with Crippen molar-refractivity contribution in [2.75, 3.05) is 20.1 Å². The molecule has 0 fully saturated rings. The monoisotopic (exact) mass is 258 g/mol. The SMILES string of the molecule is CCN(C)CCCCc1cn(C)c2ccc(C)cc12. The number of hydrogen-bond acceptors (Lipinski definition) is 1. The fourth-order valence-electron chi connectivity index (χ4n) is 2.64. The topological polar surface area (TPSA) is 8.17 Å². The van der Waals surface area contributed by atoms with Crippen LogP contribution in [0.4, 0.5) is 0 Å². The number of benzene rings is 1. The lowest BCUT2D eigenvalue weighted by Crippen LogP contribution is -2.18. The highest BCUT2D eigenvalue weighted by molar-refractivity contribution is 5.84. The first-order valence-electron chi connectivity index (χ1n) is 7.35. The lowest BCUT2D eigenvalue weighted by Gasteiger charge is -2.12. The number of unbranched alkanes of at least 4 members (excludes halogenated alkanes) is 1. The van der Waals surface area contributed by atoms with Crippen LogP contribution >= 0.6 is 0 Å². The van der Waals surface area contributed by atoms with Gasteiger partial charge in [0.25, 0.3) is 0 Å². The smallest absolute Gasteiger partial charge is 0.0480 e. The molecule has 0 bridgehead atoms. The molecule has 0 spiro atoms. The van der Waals surface area contributed by atoms with Gasteiger partial charge in [0.15, 0.2) is 0 Å². The van der Waals surface area contributed by atoms with E-state index in [4.69, 9.17) is 0 Å². The zero-order valence-electron chi connectivity index (χ0n) is 12.7. The molecule has 0 radical (unpaired) electrons. The largest absolute Gasteiger partial charge is 0.350 e. The normalized spacial score (nSPS) is 11.6. The lowest BCUT2D eigenvalue weighted by atomic mass is 10.1. The molecular formula is C17H26N2. The summed E-state index contributed by atoms with van der Waals surface area (Å²) in [6.07, 6.45) is 6.05. The van der Waals surface area contributed by atoms with E-state index in [-0.39, 0.29) is 0 Å². The maximum Gasteiger partial charge on any atom is 0.0480 e. The van der Waals surface area contributed by atoms with Crippen LogP contribution < -0.4 is 0 Å². The van der Waals surface area contributed by atoms with Crippen LogP contribution in [0.25, 0.3) is 10.9 Å². The number of aryl methyl sites for hydroxylation is 3. The van der Waals surface area contributed by atoms with Gasteiger partial charge in [-0.2, -0.15) is 0 Å². The minimum atomic E-state index is 1.15. The van der Waals surface area contributed by atoms with Crippen LogP contribution in [-0.4, -0.2) is 29.6 Å². The van der Waals surface area contributed by atoms with E-state index in [2.05, 4.69) is 61.8 Å². The summed E-state index contributed by atoms with van der Waals surface area (Å²) in [4.78, 5) is 2.38. The Hall–Kier alpha value is -1.28. The highest BCUT2D eigenvalue weighted by atomic mass is 15.1. The number of nitrogens with zero attached hydrogens (tertiary/aromatic N) is 2. The molecule has 2 nitrogen and oxygen atoms in total. The predicted octanol–water partition coefficient (Wildman–Crippen LogP) is 3.76. The molecule has 104 valence electrons. The number of fused-ring (bicyclic) bond motifs is 1. The van der Waals surface area contributed by atoms with Gasteiger partial charge in [0, 0.05) is 24.1 Å². The molecule has 19 heavy (non-hydrogen) atoms. The van der Waals surface area contributed by atoms with Crippen LogP contribution in [-0.2, 0) is 13.5 Å². The molecule has 1 aromatic heterocycles. The van der Waals surface area contributed by atoms with Crippen molar-refractivity contribution in [2.24, 2.45) is 7.05 Å². The Morgan fingerprint density at radius 3 is 2.74 bits per heavy atom. The Balaban J connectivity index is 2.02. The van der Waals surface area contributed by atoms with E-state index in [9.17, 15) is 0 Å². The highest BCUT2D eigenvalue weighted by Crippen LogP contribution is 2.23. The molecule has 1 heterocycles. The summed E-state index contributed by atoms with van der Waals surface area (Å²) >= 11 is 0. The molecular weight excluding hydrogens is 232 g/mol. The second-order valence-corrected chi connectivity index (χ2v) is 5.64. The van der Waals surface area contributed by atoms with Crippen molar-refractivity contribution in [3.8, 4) is 0 Å². The van der Waals surface area contributed by atoms with Gasteiger partial charge in [-0.15, -0.1) is 0 Å². The van der Waals surface area contributed by atoms with E-state index in [1.54, 1.807) is 0 Å². The van der Waals surface area contributed by atoms with Gasteiger partial charge in [-0.05, 0) is 64.0 Å². The summed E-state index contributed by atoms with van der Waals surface area (Å²) in [7, 11) is 4.34. The molecule has 0 atom stereocenters. The summed E-state index contributed by atoms with van der Waals surface area (Å²) in [6.45, 7) is 6.74. The van der Waals surface area contributed by atoms with Crippen LogP contribution in [0.3, 0.4) is 0 Å². The lowest BCUT2D eigenvalue weighted by molar-refractivity contribution is 0.343. The minimum absolute atomic E-state index is 1.15. The van der Waals surface area contributed by atoms with Crippen LogP contribution in [0.5, 0.6) is 0 Å². The van der Waals surface area contributed by atoms with E-state index < -0.39 is 0 Å². The quantitative estimate of drug-likeness (QED) is 0.716. The van der Waals surface area contributed by atoms with E-state index in [0.29, 0.717) is 0 Å². The third-order valence-electron chi connectivity index (χ3n) is 4.00. The third kappa shape index (κ3) is 3.38. The van der Waals surface area contributed by atoms with Gasteiger partial charge in [0.05, 0.1) is 0 Å². The minimum Gasteiger partial charge on any atom is -0.350 e. The Morgan fingerprint density at radius 2 is 2.00 bits per heavy atom. The molecule has 1 aromatic carbocycles. The van der Waals surface area contributed by atoms with E-state index >= 15 is 0 Å². The molecule has 0 N–H and O–H groups in total. The van der Waals surface area contributed by atoms with Gasteiger partial charge in [0.1, 0.15) is 0 Å². The highest BCUT2D eigenvalue weighted by Gasteiger charge is 2.06. The van der Waals surface area contributed by atoms with Crippen molar-refractivity contribution in [3.63, 3.8) is 0 Å². The average Bonchev–Trinajstić information content (AvgIpc) is 2.70. The predicted molar refractivity (Wildman–Crippen MR) is 83.8 cm³/mol. The van der Waals surface area contributed by atoms with Gasteiger partial charge in [-0.25, -0.2) is 0 Å². The standard InChI is InChI=1S/C17H26N2/c1-5-18(3)11-7-6-8-15-13-19(4)17-10-9-14(2)12-16(15)17/h9-10,12-13H,5-8,11H2,1-4H3. The average molecular weight is 258 g/mol. The fraction of sp³-hybridized carbons (Fsp3) is 0.529. The summed E-state index contributed by atoms with van der Waals surface area (Å²) in [5.74, 6) is 0. The molecule has 0 saturated heterocycles. The molecule has 2 aromatic rings. The molecule has 0 aliphatic heterocycles. The molecule has 0 saturated carbocycles. The van der Waals surface area contributed by atoms with Gasteiger partial charge < -0.3 is 9.47 Å². The number of aromatic nitrogens is 1. The van der Waals surface area contributed by atoms with Crippen LogP contribution in [0.2, 0.25) is 0 Å². The zero-order chi connectivity index (χ0) is 13.8. The first kappa shape index (κ1) is 14.1.